The van der Waals surface area contributed by atoms with Gasteiger partial charge in [0, 0.05) is 11.5 Å². The zero-order valence-electron chi connectivity index (χ0n) is 8.08. The monoisotopic (exact) mass is 239 g/mol. The second-order valence-corrected chi connectivity index (χ2v) is 4.13. The molecule has 1 saturated carbocycles. The van der Waals surface area contributed by atoms with E-state index in [9.17, 15) is 9.18 Å². The van der Waals surface area contributed by atoms with E-state index in [1.54, 1.807) is 0 Å². The molecule has 1 aliphatic carbocycles. The van der Waals surface area contributed by atoms with E-state index in [0.717, 1.165) is 0 Å². The van der Waals surface area contributed by atoms with Gasteiger partial charge >= 0.3 is 5.97 Å². The molecule has 0 bridgehead atoms. The lowest BCUT2D eigenvalue weighted by atomic mass is 10.0. The van der Waals surface area contributed by atoms with Crippen LogP contribution in [0.5, 0.6) is 0 Å². The molecule has 82 valence electrons. The SMILES string of the molecule is N#Cc1ccc(Cl)c(F)c1[C@H]1C[C@@H]1C(=O)O. The first-order valence-electron chi connectivity index (χ1n) is 4.67. The van der Waals surface area contributed by atoms with E-state index in [4.69, 9.17) is 22.0 Å². The molecular weight excluding hydrogens is 233 g/mol. The molecular formula is C11H7ClFNO2. The summed E-state index contributed by atoms with van der Waals surface area (Å²) in [6.45, 7) is 0. The molecule has 1 fully saturated rings. The van der Waals surface area contributed by atoms with Crippen LogP contribution in [0, 0.1) is 23.1 Å². The Hall–Kier alpha value is -1.60. The van der Waals surface area contributed by atoms with Crippen molar-refractivity contribution in [1.29, 1.82) is 5.26 Å². The van der Waals surface area contributed by atoms with E-state index in [-0.39, 0.29) is 16.1 Å². The number of hydrogen-bond donors (Lipinski definition) is 1. The number of nitriles is 1. The molecule has 5 heteroatoms. The van der Waals surface area contributed by atoms with Crippen LogP contribution < -0.4 is 0 Å². The Morgan fingerprint density at radius 3 is 2.81 bits per heavy atom. The fraction of sp³-hybridized carbons (Fsp3) is 0.273. The van der Waals surface area contributed by atoms with Crippen LogP contribution >= 0.6 is 11.6 Å². The molecule has 16 heavy (non-hydrogen) atoms. The fourth-order valence-electron chi connectivity index (χ4n) is 1.81. The summed E-state index contributed by atoms with van der Waals surface area (Å²) in [6.07, 6.45) is 0.362. The van der Waals surface area contributed by atoms with E-state index in [0.29, 0.717) is 6.42 Å². The van der Waals surface area contributed by atoms with Gasteiger partial charge in [0.05, 0.1) is 22.6 Å². The smallest absolute Gasteiger partial charge is 0.307 e. The largest absolute Gasteiger partial charge is 0.481 e. The predicted octanol–water partition coefficient (Wildman–Crippen LogP) is 2.54. The first kappa shape index (κ1) is 10.9. The van der Waals surface area contributed by atoms with Crippen LogP contribution in [0.4, 0.5) is 4.39 Å². The van der Waals surface area contributed by atoms with Crippen molar-refractivity contribution in [3.05, 3.63) is 34.1 Å². The number of benzene rings is 1. The average molecular weight is 240 g/mol. The minimum Gasteiger partial charge on any atom is -0.481 e. The Bertz CT molecular complexity index is 509. The van der Waals surface area contributed by atoms with Crippen LogP contribution in [0.2, 0.25) is 5.02 Å². The highest BCUT2D eigenvalue weighted by Gasteiger charge is 2.46. The summed E-state index contributed by atoms with van der Waals surface area (Å²) in [6, 6.07) is 4.57. The normalized spacial score (nSPS) is 22.6. The maximum Gasteiger partial charge on any atom is 0.307 e. The molecule has 0 aromatic heterocycles. The summed E-state index contributed by atoms with van der Waals surface area (Å²) in [7, 11) is 0. The zero-order chi connectivity index (χ0) is 11.9. The molecule has 0 radical (unpaired) electrons. The van der Waals surface area contributed by atoms with Crippen molar-refractivity contribution in [3.63, 3.8) is 0 Å². The number of carboxylic acids is 1. The zero-order valence-corrected chi connectivity index (χ0v) is 8.83. The van der Waals surface area contributed by atoms with Gasteiger partial charge in [0.1, 0.15) is 5.82 Å². The van der Waals surface area contributed by atoms with Gasteiger partial charge in [0.2, 0.25) is 0 Å². The van der Waals surface area contributed by atoms with Crippen molar-refractivity contribution >= 4 is 17.6 Å². The maximum absolute atomic E-state index is 13.7. The number of aliphatic carboxylic acids is 1. The van der Waals surface area contributed by atoms with Gasteiger partial charge in [-0.25, -0.2) is 4.39 Å². The van der Waals surface area contributed by atoms with Gasteiger partial charge in [-0.15, -0.1) is 0 Å². The number of carbonyl (C=O) groups is 1. The molecule has 1 aliphatic rings. The third-order valence-corrected chi connectivity index (χ3v) is 3.02. The Morgan fingerprint density at radius 1 is 1.62 bits per heavy atom. The van der Waals surface area contributed by atoms with Gasteiger partial charge in [-0.1, -0.05) is 11.6 Å². The molecule has 2 atom stereocenters. The van der Waals surface area contributed by atoms with E-state index in [1.807, 2.05) is 6.07 Å². The predicted molar refractivity (Wildman–Crippen MR) is 54.6 cm³/mol. The van der Waals surface area contributed by atoms with E-state index in [1.165, 1.54) is 12.1 Å². The molecule has 1 aromatic rings. The molecule has 0 unspecified atom stereocenters. The van der Waals surface area contributed by atoms with Crippen molar-refractivity contribution in [1.82, 2.24) is 0 Å². The highest BCUT2D eigenvalue weighted by atomic mass is 35.5. The second-order valence-electron chi connectivity index (χ2n) is 3.72. The lowest BCUT2D eigenvalue weighted by Crippen LogP contribution is -2.02. The molecule has 0 spiro atoms. The lowest BCUT2D eigenvalue weighted by molar-refractivity contribution is -0.138. The lowest BCUT2D eigenvalue weighted by Gasteiger charge is -2.05. The molecule has 0 amide bonds. The van der Waals surface area contributed by atoms with E-state index < -0.39 is 23.6 Å². The Balaban J connectivity index is 2.45. The first-order valence-corrected chi connectivity index (χ1v) is 5.05. The highest BCUT2D eigenvalue weighted by molar-refractivity contribution is 6.30. The van der Waals surface area contributed by atoms with Crippen LogP contribution in [0.15, 0.2) is 12.1 Å². The van der Waals surface area contributed by atoms with Crippen LogP contribution in [0.1, 0.15) is 23.5 Å². The number of nitrogens with zero attached hydrogens (tertiary/aromatic N) is 1. The Labute approximate surface area is 96.1 Å². The molecule has 2 rings (SSSR count). The molecule has 0 aliphatic heterocycles. The van der Waals surface area contributed by atoms with E-state index in [2.05, 4.69) is 0 Å². The van der Waals surface area contributed by atoms with Gasteiger partial charge in [-0.3, -0.25) is 4.79 Å². The van der Waals surface area contributed by atoms with Gasteiger partial charge in [0.15, 0.2) is 0 Å². The summed E-state index contributed by atoms with van der Waals surface area (Å²) < 4.78 is 13.7. The standard InChI is InChI=1S/C11H7ClFNO2/c12-8-2-1-5(4-14)9(10(8)13)6-3-7(6)11(15)16/h1-2,6-7H,3H2,(H,15,16)/t6-,7-/m0/s1. The number of halogens is 2. The summed E-state index contributed by atoms with van der Waals surface area (Å²) in [5.74, 6) is -2.66. The molecule has 0 heterocycles. The third-order valence-electron chi connectivity index (χ3n) is 2.73. The number of carboxylic acid groups (broad SMARTS) is 1. The van der Waals surface area contributed by atoms with Gasteiger partial charge in [0.25, 0.3) is 0 Å². The van der Waals surface area contributed by atoms with Gasteiger partial charge < -0.3 is 5.11 Å². The number of hydrogen-bond acceptors (Lipinski definition) is 2. The fourth-order valence-corrected chi connectivity index (χ4v) is 1.98. The maximum atomic E-state index is 13.7. The van der Waals surface area contributed by atoms with Gasteiger partial charge in [-0.2, -0.15) is 5.26 Å². The van der Waals surface area contributed by atoms with Crippen molar-refractivity contribution in [2.75, 3.05) is 0 Å². The number of rotatable bonds is 2. The van der Waals surface area contributed by atoms with Crippen molar-refractivity contribution in [2.24, 2.45) is 5.92 Å². The average Bonchev–Trinajstić information content (AvgIpc) is 3.01. The van der Waals surface area contributed by atoms with Crippen LogP contribution in [0.3, 0.4) is 0 Å². The van der Waals surface area contributed by atoms with Crippen molar-refractivity contribution in [3.8, 4) is 6.07 Å². The minimum absolute atomic E-state index is 0.0787. The summed E-state index contributed by atoms with van der Waals surface area (Å²) in [4.78, 5) is 10.7. The minimum atomic E-state index is -0.965. The summed E-state index contributed by atoms with van der Waals surface area (Å²) >= 11 is 5.61. The third kappa shape index (κ3) is 1.63. The topological polar surface area (TPSA) is 61.1 Å². The Morgan fingerprint density at radius 2 is 2.31 bits per heavy atom. The van der Waals surface area contributed by atoms with Crippen molar-refractivity contribution < 1.29 is 14.3 Å². The highest BCUT2D eigenvalue weighted by Crippen LogP contribution is 2.50. The first-order chi connectivity index (χ1) is 7.56. The second kappa shape index (κ2) is 3.76. The molecule has 3 nitrogen and oxygen atoms in total. The van der Waals surface area contributed by atoms with Crippen LogP contribution in [-0.2, 0) is 4.79 Å². The van der Waals surface area contributed by atoms with Crippen molar-refractivity contribution in [2.45, 2.75) is 12.3 Å². The van der Waals surface area contributed by atoms with Gasteiger partial charge in [-0.05, 0) is 18.6 Å². The van der Waals surface area contributed by atoms with Crippen LogP contribution in [0.25, 0.3) is 0 Å². The van der Waals surface area contributed by atoms with Crippen LogP contribution in [-0.4, -0.2) is 11.1 Å². The van der Waals surface area contributed by atoms with E-state index >= 15 is 0 Å². The quantitative estimate of drug-likeness (QED) is 0.863. The molecule has 1 N–H and O–H groups in total. The molecule has 0 saturated heterocycles. The summed E-state index contributed by atoms with van der Waals surface area (Å²) in [5.41, 5.74) is 0.304. The Kier molecular flexibility index (Phi) is 2.56. The molecule has 1 aromatic carbocycles. The summed E-state index contributed by atoms with van der Waals surface area (Å²) in [5, 5.41) is 17.5.